The van der Waals surface area contributed by atoms with Crippen molar-refractivity contribution in [2.24, 2.45) is 7.05 Å². The normalized spacial score (nSPS) is 11.4. The van der Waals surface area contributed by atoms with E-state index in [2.05, 4.69) is 18.7 Å². The summed E-state index contributed by atoms with van der Waals surface area (Å²) in [6.45, 7) is 12.4. The molecule has 0 unspecified atom stereocenters. The maximum Gasteiger partial charge on any atom is 0.414 e. The Morgan fingerprint density at radius 3 is 1.91 bits per heavy atom. The highest BCUT2D eigenvalue weighted by Crippen LogP contribution is 2.38. The molecule has 10 nitrogen and oxygen atoms in total. The average Bonchev–Trinajstić information content (AvgIpc) is 3.29. The van der Waals surface area contributed by atoms with Gasteiger partial charge in [0, 0.05) is 24.5 Å². The maximum atomic E-state index is 13.8. The third kappa shape index (κ3) is 9.72. The predicted octanol–water partition coefficient (Wildman–Crippen LogP) is 5.97. The van der Waals surface area contributed by atoms with E-state index >= 15 is 0 Å². The van der Waals surface area contributed by atoms with E-state index in [1.54, 1.807) is 35.9 Å². The molecule has 3 rings (SSSR count). The summed E-state index contributed by atoms with van der Waals surface area (Å²) in [5.41, 5.74) is 1.68. The fraction of sp³-hybridized carbons (Fsp3) is 0.500. The molecule has 0 saturated heterocycles. The van der Waals surface area contributed by atoms with Crippen molar-refractivity contribution in [1.29, 1.82) is 0 Å². The number of aliphatic carboxylic acids is 2. The SMILES string of the molecule is CCCCN(CCCC)CCCOc1ccc(S(=O)(=O)c2c(C(C)C)c3cc(OC)ccc3n2C)cc1.O=C(O)C(=O)O. The first-order chi connectivity index (χ1) is 20.4. The standard InChI is InChI=1S/C30H44N2O4S.C2H2O4/c1-7-9-18-32(19-10-8-2)20-11-21-36-24-12-15-26(16-13-24)37(33,34)30-29(23(3)4)27-22-25(35-6)14-17-28(27)31(30)5;3-1(4)2(5)6/h12-17,22-23H,7-11,18-21H2,1-6H3;(H,3,4)(H,5,6). The van der Waals surface area contributed by atoms with Crippen molar-refractivity contribution < 1.29 is 37.7 Å². The predicted molar refractivity (Wildman–Crippen MR) is 167 cm³/mol. The van der Waals surface area contributed by atoms with Gasteiger partial charge in [0.2, 0.25) is 9.84 Å². The number of carboxylic acid groups (broad SMARTS) is 2. The number of carboxylic acids is 2. The minimum atomic E-state index is -3.74. The highest BCUT2D eigenvalue weighted by Gasteiger charge is 2.29. The van der Waals surface area contributed by atoms with Gasteiger partial charge in [0.25, 0.3) is 0 Å². The van der Waals surface area contributed by atoms with Crippen LogP contribution in [0.15, 0.2) is 52.4 Å². The van der Waals surface area contributed by atoms with E-state index in [9.17, 15) is 8.42 Å². The summed E-state index contributed by atoms with van der Waals surface area (Å²) < 4.78 is 40.8. The molecule has 2 aromatic carbocycles. The molecule has 3 aromatic rings. The molecule has 0 fully saturated rings. The number of sulfone groups is 1. The Kier molecular flexibility index (Phi) is 14.0. The van der Waals surface area contributed by atoms with Crippen LogP contribution in [-0.2, 0) is 26.5 Å². The van der Waals surface area contributed by atoms with E-state index in [4.69, 9.17) is 29.3 Å². The summed E-state index contributed by atoms with van der Waals surface area (Å²) in [7, 11) is -0.303. The lowest BCUT2D eigenvalue weighted by Gasteiger charge is -2.21. The topological polar surface area (TPSA) is 135 Å². The van der Waals surface area contributed by atoms with Gasteiger partial charge in [-0.3, -0.25) is 0 Å². The van der Waals surface area contributed by atoms with E-state index < -0.39 is 21.8 Å². The van der Waals surface area contributed by atoms with Crippen LogP contribution >= 0.6 is 0 Å². The highest BCUT2D eigenvalue weighted by molar-refractivity contribution is 7.91. The zero-order valence-electron chi connectivity index (χ0n) is 26.1. The molecular weight excluding hydrogens is 572 g/mol. The Labute approximate surface area is 255 Å². The van der Waals surface area contributed by atoms with Gasteiger partial charge in [0.05, 0.1) is 18.6 Å². The molecule has 0 aliphatic carbocycles. The highest BCUT2D eigenvalue weighted by atomic mass is 32.2. The van der Waals surface area contributed by atoms with Gasteiger partial charge in [0.15, 0.2) is 0 Å². The second-order valence-corrected chi connectivity index (χ2v) is 12.5. The van der Waals surface area contributed by atoms with E-state index in [0.717, 1.165) is 42.5 Å². The number of fused-ring (bicyclic) bond motifs is 1. The number of hydrogen-bond donors (Lipinski definition) is 2. The van der Waals surface area contributed by atoms with Gasteiger partial charge in [0.1, 0.15) is 16.5 Å². The van der Waals surface area contributed by atoms with Gasteiger partial charge in [-0.25, -0.2) is 18.0 Å². The van der Waals surface area contributed by atoms with E-state index in [1.807, 2.05) is 39.1 Å². The number of methoxy groups -OCH3 is 1. The van der Waals surface area contributed by atoms with Gasteiger partial charge in [-0.05, 0) is 86.3 Å². The van der Waals surface area contributed by atoms with Crippen molar-refractivity contribution in [2.45, 2.75) is 75.6 Å². The van der Waals surface area contributed by atoms with Crippen LogP contribution < -0.4 is 9.47 Å². The van der Waals surface area contributed by atoms with Crippen molar-refractivity contribution in [1.82, 2.24) is 9.47 Å². The van der Waals surface area contributed by atoms with Crippen LogP contribution in [0.1, 0.15) is 71.3 Å². The molecule has 2 N–H and O–H groups in total. The van der Waals surface area contributed by atoms with Crippen molar-refractivity contribution >= 4 is 32.7 Å². The molecule has 0 amide bonds. The smallest absolute Gasteiger partial charge is 0.414 e. The lowest BCUT2D eigenvalue weighted by molar-refractivity contribution is -0.159. The lowest BCUT2D eigenvalue weighted by atomic mass is 10.0. The largest absolute Gasteiger partial charge is 0.497 e. The Balaban J connectivity index is 0.000000973. The number of unbranched alkanes of at least 4 members (excludes halogenated alkanes) is 2. The summed E-state index contributed by atoms with van der Waals surface area (Å²) in [5, 5.41) is 16.0. The van der Waals surface area contributed by atoms with Gasteiger partial charge >= 0.3 is 11.9 Å². The van der Waals surface area contributed by atoms with Crippen LogP contribution in [0.3, 0.4) is 0 Å². The number of rotatable bonds is 15. The van der Waals surface area contributed by atoms with Crippen LogP contribution in [0.25, 0.3) is 10.9 Å². The molecule has 43 heavy (non-hydrogen) atoms. The molecule has 0 spiro atoms. The summed E-state index contributed by atoms with van der Waals surface area (Å²) in [6, 6.07) is 12.5. The lowest BCUT2D eigenvalue weighted by Crippen LogP contribution is -2.28. The first-order valence-corrected chi connectivity index (χ1v) is 16.2. The monoisotopic (exact) mass is 618 g/mol. The Morgan fingerprint density at radius 2 is 1.42 bits per heavy atom. The average molecular weight is 619 g/mol. The number of nitrogens with zero attached hydrogens (tertiary/aromatic N) is 2. The van der Waals surface area contributed by atoms with Gasteiger partial charge in [-0.15, -0.1) is 0 Å². The quantitative estimate of drug-likeness (QED) is 0.156. The zero-order chi connectivity index (χ0) is 32.2. The van der Waals surface area contributed by atoms with E-state index in [0.29, 0.717) is 23.1 Å². The Bertz CT molecular complexity index is 1430. The molecule has 0 aliphatic heterocycles. The zero-order valence-corrected chi connectivity index (χ0v) is 26.9. The van der Waals surface area contributed by atoms with Gasteiger partial charge < -0.3 is 29.2 Å². The number of aromatic nitrogens is 1. The van der Waals surface area contributed by atoms with Crippen LogP contribution in [0.5, 0.6) is 11.5 Å². The van der Waals surface area contributed by atoms with Crippen molar-refractivity contribution in [3.05, 3.63) is 48.0 Å². The fourth-order valence-corrected chi connectivity index (χ4v) is 6.65. The number of benzene rings is 2. The van der Waals surface area contributed by atoms with E-state index in [1.165, 1.54) is 25.7 Å². The van der Waals surface area contributed by atoms with Crippen LogP contribution in [-0.4, -0.2) is 73.4 Å². The molecule has 11 heteroatoms. The Hall–Kier alpha value is -3.57. The number of ether oxygens (including phenoxy) is 2. The molecular formula is C32H46N2O8S. The third-order valence-electron chi connectivity index (χ3n) is 7.08. The molecule has 1 heterocycles. The van der Waals surface area contributed by atoms with Crippen molar-refractivity contribution in [2.75, 3.05) is 33.4 Å². The van der Waals surface area contributed by atoms with Crippen LogP contribution in [0.4, 0.5) is 0 Å². The molecule has 1 aromatic heterocycles. The second kappa shape index (κ2) is 16.9. The molecule has 0 atom stereocenters. The maximum absolute atomic E-state index is 13.8. The molecule has 0 aliphatic rings. The summed E-state index contributed by atoms with van der Waals surface area (Å²) in [6.07, 6.45) is 5.82. The molecule has 0 bridgehead atoms. The summed E-state index contributed by atoms with van der Waals surface area (Å²) in [5.74, 6) is -2.22. The van der Waals surface area contributed by atoms with Crippen molar-refractivity contribution in [3.8, 4) is 11.5 Å². The van der Waals surface area contributed by atoms with Gasteiger partial charge in [-0.2, -0.15) is 0 Å². The second-order valence-electron chi connectivity index (χ2n) is 10.7. The van der Waals surface area contributed by atoms with Crippen molar-refractivity contribution in [3.63, 3.8) is 0 Å². The molecule has 238 valence electrons. The third-order valence-corrected chi connectivity index (χ3v) is 8.98. The fourth-order valence-electron chi connectivity index (χ4n) is 4.84. The van der Waals surface area contributed by atoms with Gasteiger partial charge in [-0.1, -0.05) is 40.5 Å². The molecule has 0 saturated carbocycles. The van der Waals surface area contributed by atoms with E-state index in [-0.39, 0.29) is 10.8 Å². The minimum Gasteiger partial charge on any atom is -0.497 e. The van der Waals surface area contributed by atoms with Crippen LogP contribution in [0.2, 0.25) is 0 Å². The summed E-state index contributed by atoms with van der Waals surface area (Å²) in [4.78, 5) is 21.0. The summed E-state index contributed by atoms with van der Waals surface area (Å²) >= 11 is 0. The first kappa shape index (κ1) is 35.6. The number of carbonyl (C=O) groups is 2. The minimum absolute atomic E-state index is 0.0254. The molecule has 0 radical (unpaired) electrons. The Morgan fingerprint density at radius 1 is 0.884 bits per heavy atom. The van der Waals surface area contributed by atoms with Crippen LogP contribution in [0, 0.1) is 0 Å². The number of aryl methyl sites for hydroxylation is 1. The first-order valence-electron chi connectivity index (χ1n) is 14.7. The number of hydrogen-bond acceptors (Lipinski definition) is 7.